The van der Waals surface area contributed by atoms with E-state index in [1.54, 1.807) is 18.9 Å². The van der Waals surface area contributed by atoms with E-state index < -0.39 is 0 Å². The molecule has 22 heavy (non-hydrogen) atoms. The van der Waals surface area contributed by atoms with E-state index in [1.807, 2.05) is 18.2 Å². The highest BCUT2D eigenvalue weighted by atomic mass is 16.5. The smallest absolute Gasteiger partial charge is 0.160 e. The summed E-state index contributed by atoms with van der Waals surface area (Å²) in [5.41, 5.74) is 2.47. The molecule has 7 nitrogen and oxygen atoms in total. The molecule has 0 aliphatic heterocycles. The van der Waals surface area contributed by atoms with E-state index in [0.29, 0.717) is 30.2 Å². The third-order valence-corrected chi connectivity index (χ3v) is 3.48. The van der Waals surface area contributed by atoms with Gasteiger partial charge in [-0.3, -0.25) is 0 Å². The second-order valence-electron chi connectivity index (χ2n) is 4.78. The Morgan fingerprint density at radius 1 is 1.09 bits per heavy atom. The molecule has 1 aromatic heterocycles. The van der Waals surface area contributed by atoms with Gasteiger partial charge in [-0.15, -0.1) is 5.10 Å². The second-order valence-corrected chi connectivity index (χ2v) is 4.78. The summed E-state index contributed by atoms with van der Waals surface area (Å²) in [5, 5.41) is 26.3. The van der Waals surface area contributed by atoms with Crippen LogP contribution < -0.4 is 9.47 Å². The summed E-state index contributed by atoms with van der Waals surface area (Å²) in [5.74, 6) is 1.37. The maximum absolute atomic E-state index is 9.33. The third kappa shape index (κ3) is 3.55. The lowest BCUT2D eigenvalue weighted by Gasteiger charge is -2.10. The Balaban J connectivity index is 2.14. The standard InChI is InChI=1S/C15H21N3O4/c1-21-14-6-4-11(9-15(14)22-2)3-5-13-12(10-20)16-17-18(13)7-8-19/h4,6,9,19-20H,3,5,7-8,10H2,1-2H3. The molecule has 7 heteroatoms. The van der Waals surface area contributed by atoms with Gasteiger partial charge in [-0.2, -0.15) is 0 Å². The first-order valence-corrected chi connectivity index (χ1v) is 7.07. The first-order chi connectivity index (χ1) is 10.7. The Morgan fingerprint density at radius 3 is 2.50 bits per heavy atom. The molecule has 2 N–H and O–H groups in total. The molecule has 0 spiro atoms. The van der Waals surface area contributed by atoms with Crippen LogP contribution >= 0.6 is 0 Å². The van der Waals surface area contributed by atoms with E-state index >= 15 is 0 Å². The molecule has 0 bridgehead atoms. The lowest BCUT2D eigenvalue weighted by Crippen LogP contribution is -2.10. The molecule has 2 aromatic rings. The zero-order valence-corrected chi connectivity index (χ0v) is 12.8. The van der Waals surface area contributed by atoms with Gasteiger partial charge in [0.15, 0.2) is 11.5 Å². The van der Waals surface area contributed by atoms with Gasteiger partial charge < -0.3 is 19.7 Å². The predicted molar refractivity (Wildman–Crippen MR) is 80.0 cm³/mol. The van der Waals surface area contributed by atoms with Crippen molar-refractivity contribution in [2.75, 3.05) is 20.8 Å². The number of hydrogen-bond donors (Lipinski definition) is 2. The SMILES string of the molecule is COc1ccc(CCc2c(CO)nnn2CCO)cc1OC. The summed E-state index contributed by atoms with van der Waals surface area (Å²) in [6.07, 6.45) is 1.41. The normalized spacial score (nSPS) is 10.7. The van der Waals surface area contributed by atoms with Crippen LogP contribution in [0.25, 0.3) is 0 Å². The molecule has 0 aliphatic carbocycles. The minimum Gasteiger partial charge on any atom is -0.493 e. The number of aromatic nitrogens is 3. The number of aliphatic hydroxyl groups is 2. The fourth-order valence-electron chi connectivity index (χ4n) is 2.34. The highest BCUT2D eigenvalue weighted by Gasteiger charge is 2.12. The molecule has 0 unspecified atom stereocenters. The summed E-state index contributed by atoms with van der Waals surface area (Å²) in [7, 11) is 3.20. The lowest BCUT2D eigenvalue weighted by atomic mass is 10.1. The minimum atomic E-state index is -0.160. The molecule has 1 heterocycles. The summed E-state index contributed by atoms with van der Waals surface area (Å²) in [4.78, 5) is 0. The van der Waals surface area contributed by atoms with E-state index in [1.165, 1.54) is 0 Å². The van der Waals surface area contributed by atoms with E-state index in [2.05, 4.69) is 10.3 Å². The van der Waals surface area contributed by atoms with Gasteiger partial charge in [-0.25, -0.2) is 4.68 Å². The van der Waals surface area contributed by atoms with Crippen molar-refractivity contribution in [1.82, 2.24) is 15.0 Å². The molecular formula is C15H21N3O4. The van der Waals surface area contributed by atoms with Gasteiger partial charge in [0.1, 0.15) is 5.69 Å². The van der Waals surface area contributed by atoms with Crippen LogP contribution in [-0.2, 0) is 26.0 Å². The van der Waals surface area contributed by atoms with E-state index in [9.17, 15) is 5.11 Å². The maximum atomic E-state index is 9.33. The van der Waals surface area contributed by atoms with E-state index in [4.69, 9.17) is 14.6 Å². The summed E-state index contributed by atoms with van der Waals surface area (Å²) in [6, 6.07) is 5.77. The zero-order valence-electron chi connectivity index (χ0n) is 12.8. The monoisotopic (exact) mass is 307 g/mol. The molecular weight excluding hydrogens is 286 g/mol. The van der Waals surface area contributed by atoms with Crippen LogP contribution in [0.3, 0.4) is 0 Å². The summed E-state index contributed by atoms with van der Waals surface area (Å²) >= 11 is 0. The average Bonchev–Trinajstić information content (AvgIpc) is 2.94. The van der Waals surface area contributed by atoms with Crippen LogP contribution in [0, 0.1) is 0 Å². The maximum Gasteiger partial charge on any atom is 0.160 e. The fourth-order valence-corrected chi connectivity index (χ4v) is 2.34. The van der Waals surface area contributed by atoms with Crippen molar-refractivity contribution in [3.8, 4) is 11.5 Å². The van der Waals surface area contributed by atoms with Gasteiger partial charge >= 0.3 is 0 Å². The number of benzene rings is 1. The molecule has 0 saturated heterocycles. The van der Waals surface area contributed by atoms with Crippen LogP contribution in [0.4, 0.5) is 0 Å². The number of nitrogens with zero attached hydrogens (tertiary/aromatic N) is 3. The van der Waals surface area contributed by atoms with Crippen molar-refractivity contribution >= 4 is 0 Å². The van der Waals surface area contributed by atoms with Crippen molar-refractivity contribution in [3.63, 3.8) is 0 Å². The number of hydrogen-bond acceptors (Lipinski definition) is 6. The molecule has 0 aliphatic rings. The summed E-state index contributed by atoms with van der Waals surface area (Å²) < 4.78 is 12.1. The van der Waals surface area contributed by atoms with Crippen molar-refractivity contribution in [1.29, 1.82) is 0 Å². The van der Waals surface area contributed by atoms with Crippen molar-refractivity contribution < 1.29 is 19.7 Å². The van der Waals surface area contributed by atoms with Crippen LogP contribution in [-0.4, -0.2) is 46.0 Å². The molecule has 0 saturated carbocycles. The van der Waals surface area contributed by atoms with Crippen LogP contribution in [0.15, 0.2) is 18.2 Å². The van der Waals surface area contributed by atoms with Crippen LogP contribution in [0.5, 0.6) is 11.5 Å². The number of ether oxygens (including phenoxy) is 2. The van der Waals surface area contributed by atoms with E-state index in [0.717, 1.165) is 17.7 Å². The topological polar surface area (TPSA) is 89.6 Å². The fraction of sp³-hybridized carbons (Fsp3) is 0.467. The van der Waals surface area contributed by atoms with Crippen LogP contribution in [0.1, 0.15) is 17.0 Å². The Kier molecular flexibility index (Phi) is 5.74. The van der Waals surface area contributed by atoms with Crippen LogP contribution in [0.2, 0.25) is 0 Å². The molecule has 1 aromatic carbocycles. The van der Waals surface area contributed by atoms with Gasteiger partial charge in [0, 0.05) is 0 Å². The molecule has 120 valence electrons. The van der Waals surface area contributed by atoms with Crippen molar-refractivity contribution in [2.45, 2.75) is 26.0 Å². The zero-order chi connectivity index (χ0) is 15.9. The van der Waals surface area contributed by atoms with Crippen molar-refractivity contribution in [2.24, 2.45) is 0 Å². The third-order valence-electron chi connectivity index (χ3n) is 3.48. The Bertz CT molecular complexity index is 613. The highest BCUT2D eigenvalue weighted by molar-refractivity contribution is 5.43. The van der Waals surface area contributed by atoms with Gasteiger partial charge in [-0.05, 0) is 30.5 Å². The van der Waals surface area contributed by atoms with Gasteiger partial charge in [0.25, 0.3) is 0 Å². The molecule has 2 rings (SSSR count). The number of rotatable bonds is 8. The first-order valence-electron chi connectivity index (χ1n) is 7.07. The lowest BCUT2D eigenvalue weighted by molar-refractivity contribution is 0.264. The molecule has 0 fully saturated rings. The first kappa shape index (κ1) is 16.3. The predicted octanol–water partition coefficient (Wildman–Crippen LogP) is 0.565. The molecule has 0 amide bonds. The van der Waals surface area contributed by atoms with Gasteiger partial charge in [-0.1, -0.05) is 11.3 Å². The second kappa shape index (κ2) is 7.77. The van der Waals surface area contributed by atoms with E-state index in [-0.39, 0.29) is 13.2 Å². The number of aliphatic hydroxyl groups excluding tert-OH is 2. The Labute approximate surface area is 129 Å². The minimum absolute atomic E-state index is 0.0163. The number of aryl methyl sites for hydroxylation is 1. The molecule has 0 radical (unpaired) electrons. The average molecular weight is 307 g/mol. The Morgan fingerprint density at radius 2 is 1.86 bits per heavy atom. The number of methoxy groups -OCH3 is 2. The molecule has 0 atom stereocenters. The highest BCUT2D eigenvalue weighted by Crippen LogP contribution is 2.28. The summed E-state index contributed by atoms with van der Waals surface area (Å²) in [6.45, 7) is 0.193. The largest absolute Gasteiger partial charge is 0.493 e. The quantitative estimate of drug-likeness (QED) is 0.741. The Hall–Kier alpha value is -2.12. The van der Waals surface area contributed by atoms with Crippen molar-refractivity contribution in [3.05, 3.63) is 35.2 Å². The van der Waals surface area contributed by atoms with Gasteiger partial charge in [0.2, 0.25) is 0 Å². The van der Waals surface area contributed by atoms with Gasteiger partial charge in [0.05, 0.1) is 39.7 Å².